The van der Waals surface area contributed by atoms with Gasteiger partial charge >= 0.3 is 12.4 Å². The van der Waals surface area contributed by atoms with Gasteiger partial charge in [-0.15, -0.1) is 0 Å². The van der Waals surface area contributed by atoms with E-state index in [0.29, 0.717) is 0 Å². The number of nitrogens with zero attached hydrogens (tertiary/aromatic N) is 1. The Kier molecular flexibility index (Phi) is 5.62. The zero-order valence-electron chi connectivity index (χ0n) is 15.2. The van der Waals surface area contributed by atoms with Gasteiger partial charge in [0.2, 0.25) is 6.04 Å². The molecule has 2 aromatic rings. The number of halogens is 6. The normalized spacial score (nSPS) is 20.9. The van der Waals surface area contributed by atoms with Crippen LogP contribution in [-0.2, 0) is 17.1 Å². The van der Waals surface area contributed by atoms with Gasteiger partial charge in [0.05, 0.1) is 23.0 Å². The van der Waals surface area contributed by atoms with E-state index in [0.717, 1.165) is 48.5 Å². The Morgan fingerprint density at radius 3 is 1.33 bits per heavy atom. The maximum absolute atomic E-state index is 12.8. The monoisotopic (exact) mass is 431 g/mol. The first-order chi connectivity index (χ1) is 13.9. The quantitative estimate of drug-likeness (QED) is 0.361. The standard InChI is InChI=1S/C20H15F6NO3/c21-19(22,23)13-5-1-11(2-6-13)16-9-15(28)10-17(18(16)27(29)30)12-3-7-14(8-4-12)20(24,25)26/h1-8,16-18H,9-10H2/t16-,17-/m0/s1. The van der Waals surface area contributed by atoms with E-state index in [-0.39, 0.29) is 29.8 Å². The molecule has 30 heavy (non-hydrogen) atoms. The maximum Gasteiger partial charge on any atom is 0.416 e. The lowest BCUT2D eigenvalue weighted by Crippen LogP contribution is -2.40. The van der Waals surface area contributed by atoms with Gasteiger partial charge in [-0.1, -0.05) is 24.3 Å². The Labute approximate surface area is 166 Å². The van der Waals surface area contributed by atoms with Gasteiger partial charge < -0.3 is 0 Å². The second-order valence-electron chi connectivity index (χ2n) is 7.18. The maximum atomic E-state index is 12.8. The molecule has 0 saturated heterocycles. The topological polar surface area (TPSA) is 60.2 Å². The number of hydrogen-bond donors (Lipinski definition) is 0. The van der Waals surface area contributed by atoms with Crippen LogP contribution < -0.4 is 0 Å². The van der Waals surface area contributed by atoms with Crippen molar-refractivity contribution in [1.82, 2.24) is 0 Å². The van der Waals surface area contributed by atoms with E-state index in [2.05, 4.69) is 0 Å². The smallest absolute Gasteiger partial charge is 0.300 e. The lowest BCUT2D eigenvalue weighted by molar-refractivity contribution is -0.532. The van der Waals surface area contributed by atoms with Crippen molar-refractivity contribution in [2.45, 2.75) is 43.1 Å². The molecular weight excluding hydrogens is 416 g/mol. The molecule has 1 fully saturated rings. The molecular formula is C20H15F6NO3. The number of nitro groups is 1. The van der Waals surface area contributed by atoms with Crippen LogP contribution >= 0.6 is 0 Å². The molecule has 160 valence electrons. The van der Waals surface area contributed by atoms with Gasteiger partial charge in [-0.2, -0.15) is 26.3 Å². The molecule has 1 aliphatic rings. The third kappa shape index (κ3) is 4.47. The minimum Gasteiger partial charge on any atom is -0.300 e. The number of carbonyl (C=O) groups excluding carboxylic acids is 1. The van der Waals surface area contributed by atoms with E-state index in [1.807, 2.05) is 0 Å². The minimum absolute atomic E-state index is 0.203. The molecule has 4 nitrogen and oxygen atoms in total. The van der Waals surface area contributed by atoms with Crippen molar-refractivity contribution >= 4 is 5.78 Å². The number of carbonyl (C=O) groups is 1. The highest BCUT2D eigenvalue weighted by Gasteiger charge is 2.47. The van der Waals surface area contributed by atoms with Crippen LogP contribution in [0.1, 0.15) is 46.9 Å². The summed E-state index contributed by atoms with van der Waals surface area (Å²) in [5, 5.41) is 11.8. The molecule has 2 atom stereocenters. The average molecular weight is 431 g/mol. The highest BCUT2D eigenvalue weighted by Crippen LogP contribution is 2.43. The zero-order chi connectivity index (χ0) is 22.3. The molecule has 0 bridgehead atoms. The van der Waals surface area contributed by atoms with Gasteiger partial charge in [0.15, 0.2) is 0 Å². The Morgan fingerprint density at radius 2 is 1.07 bits per heavy atom. The fraction of sp³-hybridized carbons (Fsp3) is 0.350. The summed E-state index contributed by atoms with van der Waals surface area (Å²) in [5.41, 5.74) is -1.44. The second-order valence-corrected chi connectivity index (χ2v) is 7.18. The summed E-state index contributed by atoms with van der Waals surface area (Å²) in [6.07, 6.45) is -9.61. The van der Waals surface area contributed by atoms with Crippen molar-refractivity contribution < 1.29 is 36.1 Å². The van der Waals surface area contributed by atoms with Gasteiger partial charge in [-0.3, -0.25) is 14.9 Å². The lowest BCUT2D eigenvalue weighted by Gasteiger charge is -2.32. The zero-order valence-corrected chi connectivity index (χ0v) is 15.2. The summed E-state index contributed by atoms with van der Waals surface area (Å²) < 4.78 is 76.7. The van der Waals surface area contributed by atoms with Gasteiger partial charge in [0.25, 0.3) is 0 Å². The number of benzene rings is 2. The summed E-state index contributed by atoms with van der Waals surface area (Å²) in [6, 6.07) is 6.21. The summed E-state index contributed by atoms with van der Waals surface area (Å²) >= 11 is 0. The van der Waals surface area contributed by atoms with E-state index in [4.69, 9.17) is 0 Å². The lowest BCUT2D eigenvalue weighted by atomic mass is 9.71. The Balaban J connectivity index is 1.97. The van der Waals surface area contributed by atoms with Crippen LogP contribution in [0, 0.1) is 10.1 Å². The first kappa shape index (κ1) is 21.8. The van der Waals surface area contributed by atoms with Crippen LogP contribution in [0.15, 0.2) is 48.5 Å². The van der Waals surface area contributed by atoms with Gasteiger partial charge in [0, 0.05) is 17.8 Å². The summed E-state index contributed by atoms with van der Waals surface area (Å²) in [5.74, 6) is -2.32. The molecule has 0 spiro atoms. The summed E-state index contributed by atoms with van der Waals surface area (Å²) in [6.45, 7) is 0. The van der Waals surface area contributed by atoms with Crippen LogP contribution in [-0.4, -0.2) is 16.7 Å². The molecule has 2 aromatic carbocycles. The number of alkyl halides is 6. The first-order valence-corrected chi connectivity index (χ1v) is 8.87. The summed E-state index contributed by atoms with van der Waals surface area (Å²) in [7, 11) is 0. The van der Waals surface area contributed by atoms with Crippen LogP contribution in [0.2, 0.25) is 0 Å². The largest absolute Gasteiger partial charge is 0.416 e. The van der Waals surface area contributed by atoms with Crippen molar-refractivity contribution in [3.8, 4) is 0 Å². The van der Waals surface area contributed by atoms with E-state index < -0.39 is 46.3 Å². The van der Waals surface area contributed by atoms with Crippen molar-refractivity contribution in [3.63, 3.8) is 0 Å². The molecule has 0 heterocycles. The third-order valence-corrected chi connectivity index (χ3v) is 5.30. The molecule has 1 aliphatic carbocycles. The highest BCUT2D eigenvalue weighted by molar-refractivity contribution is 5.81. The van der Waals surface area contributed by atoms with Crippen molar-refractivity contribution in [2.75, 3.05) is 0 Å². The fourth-order valence-electron chi connectivity index (χ4n) is 3.86. The van der Waals surface area contributed by atoms with Crippen molar-refractivity contribution in [3.05, 3.63) is 80.9 Å². The molecule has 3 rings (SSSR count). The summed E-state index contributed by atoms with van der Waals surface area (Å²) in [4.78, 5) is 23.5. The van der Waals surface area contributed by atoms with Crippen LogP contribution in [0.4, 0.5) is 26.3 Å². The molecule has 10 heteroatoms. The van der Waals surface area contributed by atoms with E-state index >= 15 is 0 Å². The molecule has 0 unspecified atom stereocenters. The average Bonchev–Trinajstić information content (AvgIpc) is 2.66. The number of rotatable bonds is 3. The Hall–Kier alpha value is -2.91. The van der Waals surface area contributed by atoms with E-state index in [9.17, 15) is 41.3 Å². The van der Waals surface area contributed by atoms with E-state index in [1.54, 1.807) is 0 Å². The van der Waals surface area contributed by atoms with E-state index in [1.165, 1.54) is 0 Å². The van der Waals surface area contributed by atoms with Crippen LogP contribution in [0.25, 0.3) is 0 Å². The van der Waals surface area contributed by atoms with Crippen LogP contribution in [0.3, 0.4) is 0 Å². The predicted molar refractivity (Wildman–Crippen MR) is 93.4 cm³/mol. The number of hydrogen-bond acceptors (Lipinski definition) is 3. The number of Topliss-reactive ketones (excluding diaryl/α,β-unsaturated/α-hetero) is 1. The first-order valence-electron chi connectivity index (χ1n) is 8.87. The van der Waals surface area contributed by atoms with Crippen molar-refractivity contribution in [2.24, 2.45) is 0 Å². The second kappa shape index (κ2) is 7.73. The molecule has 0 radical (unpaired) electrons. The molecule has 0 N–H and O–H groups in total. The van der Waals surface area contributed by atoms with Crippen molar-refractivity contribution in [1.29, 1.82) is 0 Å². The Bertz CT molecular complexity index is 865. The van der Waals surface area contributed by atoms with Gasteiger partial charge in [0.1, 0.15) is 5.78 Å². The molecule has 0 aliphatic heterocycles. The minimum atomic E-state index is -4.58. The highest BCUT2D eigenvalue weighted by atomic mass is 19.4. The molecule has 0 amide bonds. The van der Waals surface area contributed by atoms with Crippen LogP contribution in [0.5, 0.6) is 0 Å². The van der Waals surface area contributed by atoms with Gasteiger partial charge in [-0.25, -0.2) is 0 Å². The molecule has 0 aromatic heterocycles. The Morgan fingerprint density at radius 1 is 0.733 bits per heavy atom. The SMILES string of the molecule is O=C1C[C@@H](c2ccc(C(F)(F)F)cc2)C([N+](=O)[O-])[C@H](c2ccc(C(F)(F)F)cc2)C1. The fourth-order valence-corrected chi connectivity index (χ4v) is 3.86. The number of ketones is 1. The van der Waals surface area contributed by atoms with Gasteiger partial charge in [-0.05, 0) is 35.4 Å². The predicted octanol–water partition coefficient (Wildman–Crippen LogP) is 5.60. The molecule has 1 saturated carbocycles. The third-order valence-electron chi connectivity index (χ3n) is 5.30.